The molecule has 3 heteroatoms. The molecule has 0 amide bonds. The van der Waals surface area contributed by atoms with Crippen molar-refractivity contribution in [2.45, 2.75) is 45.4 Å². The van der Waals surface area contributed by atoms with Crippen molar-refractivity contribution in [1.29, 1.82) is 0 Å². The molecule has 0 aliphatic carbocycles. The third-order valence-electron chi connectivity index (χ3n) is 2.01. The summed E-state index contributed by atoms with van der Waals surface area (Å²) < 4.78 is 4.92. The van der Waals surface area contributed by atoms with Gasteiger partial charge in [0.25, 0.3) is 0 Å². The normalized spacial score (nSPS) is 11.0. The summed E-state index contributed by atoms with van der Waals surface area (Å²) in [7, 11) is 0. The van der Waals surface area contributed by atoms with E-state index in [1.54, 1.807) is 0 Å². The van der Waals surface area contributed by atoms with Crippen LogP contribution in [-0.2, 0) is 9.53 Å². The van der Waals surface area contributed by atoms with Gasteiger partial charge in [-0.15, -0.1) is 0 Å². The standard InChI is InChI=1S/C12H22O3/c1-2-3-4-5-6-7-8-9-10-15-11-12(13)14/h4-5H,2-3,6-11H2,1H3,(H,13,14). The minimum absolute atomic E-state index is 0.170. The number of carboxylic acids is 1. The largest absolute Gasteiger partial charge is 0.480 e. The third kappa shape index (κ3) is 13.2. The monoisotopic (exact) mass is 214 g/mol. The first-order chi connectivity index (χ1) is 7.27. The summed E-state index contributed by atoms with van der Waals surface area (Å²) in [4.78, 5) is 10.1. The van der Waals surface area contributed by atoms with Crippen molar-refractivity contribution in [3.63, 3.8) is 0 Å². The molecule has 0 unspecified atom stereocenters. The highest BCUT2D eigenvalue weighted by Crippen LogP contribution is 2.02. The van der Waals surface area contributed by atoms with E-state index in [0.29, 0.717) is 6.61 Å². The fourth-order valence-corrected chi connectivity index (χ4v) is 1.20. The maximum absolute atomic E-state index is 10.1. The second kappa shape index (κ2) is 11.2. The Labute approximate surface area is 92.1 Å². The van der Waals surface area contributed by atoms with E-state index in [0.717, 1.165) is 25.7 Å². The van der Waals surface area contributed by atoms with Gasteiger partial charge in [-0.2, -0.15) is 0 Å². The number of hydrogen-bond donors (Lipinski definition) is 1. The Bertz CT molecular complexity index is 176. The van der Waals surface area contributed by atoms with Crippen molar-refractivity contribution in [1.82, 2.24) is 0 Å². The Balaban J connectivity index is 3.01. The van der Waals surface area contributed by atoms with Crippen LogP contribution in [0.1, 0.15) is 45.4 Å². The molecule has 0 saturated heterocycles. The van der Waals surface area contributed by atoms with E-state index >= 15 is 0 Å². The second-order valence-electron chi connectivity index (χ2n) is 3.56. The molecule has 0 bridgehead atoms. The van der Waals surface area contributed by atoms with E-state index in [4.69, 9.17) is 9.84 Å². The highest BCUT2D eigenvalue weighted by atomic mass is 16.5. The lowest BCUT2D eigenvalue weighted by Gasteiger charge is -2.00. The predicted molar refractivity (Wildman–Crippen MR) is 61.0 cm³/mol. The van der Waals surface area contributed by atoms with Gasteiger partial charge < -0.3 is 9.84 Å². The number of allylic oxidation sites excluding steroid dienone is 2. The minimum atomic E-state index is -0.891. The number of rotatable bonds is 10. The Morgan fingerprint density at radius 1 is 1.20 bits per heavy atom. The van der Waals surface area contributed by atoms with E-state index < -0.39 is 5.97 Å². The molecule has 0 rings (SSSR count). The first kappa shape index (κ1) is 14.2. The highest BCUT2D eigenvalue weighted by Gasteiger charge is 1.95. The molecule has 88 valence electrons. The van der Waals surface area contributed by atoms with E-state index in [1.807, 2.05) is 0 Å². The van der Waals surface area contributed by atoms with Gasteiger partial charge in [0.05, 0.1) is 0 Å². The van der Waals surface area contributed by atoms with Crippen LogP contribution < -0.4 is 0 Å². The van der Waals surface area contributed by atoms with Crippen LogP contribution in [0.3, 0.4) is 0 Å². The van der Waals surface area contributed by atoms with Crippen LogP contribution in [0.4, 0.5) is 0 Å². The number of unbranched alkanes of at least 4 members (excludes halogenated alkanes) is 4. The van der Waals surface area contributed by atoms with Crippen LogP contribution in [0, 0.1) is 0 Å². The smallest absolute Gasteiger partial charge is 0.329 e. The van der Waals surface area contributed by atoms with Gasteiger partial charge in [0.1, 0.15) is 6.61 Å². The molecule has 0 saturated carbocycles. The van der Waals surface area contributed by atoms with Gasteiger partial charge in [-0.25, -0.2) is 4.79 Å². The van der Waals surface area contributed by atoms with Gasteiger partial charge >= 0.3 is 5.97 Å². The van der Waals surface area contributed by atoms with E-state index in [1.165, 1.54) is 12.8 Å². The van der Waals surface area contributed by atoms with Crippen LogP contribution in [0.25, 0.3) is 0 Å². The molecule has 3 nitrogen and oxygen atoms in total. The molecule has 0 fully saturated rings. The molecule has 0 atom stereocenters. The first-order valence-corrected chi connectivity index (χ1v) is 5.72. The lowest BCUT2D eigenvalue weighted by atomic mass is 10.2. The molecule has 0 aromatic heterocycles. The number of carboxylic acid groups (broad SMARTS) is 1. The van der Waals surface area contributed by atoms with Crippen LogP contribution in [0.2, 0.25) is 0 Å². The van der Waals surface area contributed by atoms with Crippen molar-refractivity contribution in [3.8, 4) is 0 Å². The van der Waals surface area contributed by atoms with E-state index in [9.17, 15) is 4.79 Å². The van der Waals surface area contributed by atoms with Crippen molar-refractivity contribution < 1.29 is 14.6 Å². The number of aliphatic carboxylic acids is 1. The first-order valence-electron chi connectivity index (χ1n) is 5.72. The Morgan fingerprint density at radius 3 is 2.60 bits per heavy atom. The molecular formula is C12H22O3. The van der Waals surface area contributed by atoms with Crippen LogP contribution >= 0.6 is 0 Å². The van der Waals surface area contributed by atoms with Crippen LogP contribution in [-0.4, -0.2) is 24.3 Å². The molecule has 0 aromatic rings. The molecular weight excluding hydrogens is 192 g/mol. The molecule has 0 aliphatic rings. The third-order valence-corrected chi connectivity index (χ3v) is 2.01. The number of ether oxygens (including phenoxy) is 1. The topological polar surface area (TPSA) is 46.5 Å². The maximum atomic E-state index is 10.1. The molecule has 0 aromatic carbocycles. The summed E-state index contributed by atoms with van der Waals surface area (Å²) in [6.45, 7) is 2.56. The predicted octanol–water partition coefficient (Wildman–Crippen LogP) is 3.00. The Morgan fingerprint density at radius 2 is 1.93 bits per heavy atom. The average Bonchev–Trinajstić information content (AvgIpc) is 2.20. The second-order valence-corrected chi connectivity index (χ2v) is 3.56. The lowest BCUT2D eigenvalue weighted by Crippen LogP contribution is -2.07. The zero-order valence-corrected chi connectivity index (χ0v) is 9.58. The lowest BCUT2D eigenvalue weighted by molar-refractivity contribution is -0.142. The van der Waals surface area contributed by atoms with Crippen molar-refractivity contribution in [2.24, 2.45) is 0 Å². The summed E-state index contributed by atoms with van der Waals surface area (Å²) in [5, 5.41) is 8.30. The molecule has 0 aliphatic heterocycles. The SMILES string of the molecule is CCCC=CCCCCCOCC(=O)O. The number of carbonyl (C=O) groups is 1. The van der Waals surface area contributed by atoms with Crippen LogP contribution in [0.15, 0.2) is 12.2 Å². The molecule has 1 N–H and O–H groups in total. The van der Waals surface area contributed by atoms with Gasteiger partial charge in [0, 0.05) is 6.61 Å². The fourth-order valence-electron chi connectivity index (χ4n) is 1.20. The van der Waals surface area contributed by atoms with Crippen molar-refractivity contribution in [3.05, 3.63) is 12.2 Å². The summed E-state index contributed by atoms with van der Waals surface area (Å²) in [6.07, 6.45) is 11.2. The Hall–Kier alpha value is -0.830. The summed E-state index contributed by atoms with van der Waals surface area (Å²) in [6, 6.07) is 0. The van der Waals surface area contributed by atoms with E-state index in [2.05, 4.69) is 19.1 Å². The quantitative estimate of drug-likeness (QED) is 0.449. The van der Waals surface area contributed by atoms with Gasteiger partial charge in [0.15, 0.2) is 0 Å². The minimum Gasteiger partial charge on any atom is -0.480 e. The maximum Gasteiger partial charge on any atom is 0.329 e. The van der Waals surface area contributed by atoms with Gasteiger partial charge in [-0.1, -0.05) is 31.9 Å². The van der Waals surface area contributed by atoms with E-state index in [-0.39, 0.29) is 6.61 Å². The molecule has 15 heavy (non-hydrogen) atoms. The fraction of sp³-hybridized carbons (Fsp3) is 0.750. The van der Waals surface area contributed by atoms with Gasteiger partial charge in [-0.3, -0.25) is 0 Å². The number of hydrogen-bond acceptors (Lipinski definition) is 2. The zero-order valence-electron chi connectivity index (χ0n) is 9.58. The summed E-state index contributed by atoms with van der Waals surface area (Å²) in [5.74, 6) is -0.891. The Kier molecular flexibility index (Phi) is 10.6. The van der Waals surface area contributed by atoms with Crippen molar-refractivity contribution in [2.75, 3.05) is 13.2 Å². The highest BCUT2D eigenvalue weighted by molar-refractivity contribution is 5.67. The van der Waals surface area contributed by atoms with Crippen LogP contribution in [0.5, 0.6) is 0 Å². The zero-order chi connectivity index (χ0) is 11.4. The molecule has 0 spiro atoms. The van der Waals surface area contributed by atoms with Gasteiger partial charge in [-0.05, 0) is 25.7 Å². The summed E-state index contributed by atoms with van der Waals surface area (Å²) >= 11 is 0. The molecule has 0 heterocycles. The summed E-state index contributed by atoms with van der Waals surface area (Å²) in [5.41, 5.74) is 0. The van der Waals surface area contributed by atoms with Gasteiger partial charge in [0.2, 0.25) is 0 Å². The average molecular weight is 214 g/mol. The molecule has 0 radical (unpaired) electrons. The van der Waals surface area contributed by atoms with Crippen molar-refractivity contribution >= 4 is 5.97 Å².